The molecule has 206 valence electrons. The summed E-state index contributed by atoms with van der Waals surface area (Å²) in [6.07, 6.45) is 1.57. The Balaban J connectivity index is 1.94. The molecule has 1 amide bonds. The van der Waals surface area contributed by atoms with Gasteiger partial charge in [0, 0.05) is 22.0 Å². The number of hydrogen-bond acceptors (Lipinski definition) is 4. The van der Waals surface area contributed by atoms with Gasteiger partial charge in [0.2, 0.25) is 5.91 Å². The first-order valence-corrected chi connectivity index (χ1v) is 15.3. The summed E-state index contributed by atoms with van der Waals surface area (Å²) in [4.78, 5) is 28.1. The first kappa shape index (κ1) is 28.9. The summed E-state index contributed by atoms with van der Waals surface area (Å²) in [5, 5.41) is 10.9. The summed E-state index contributed by atoms with van der Waals surface area (Å²) < 4.78 is 26.0. The van der Waals surface area contributed by atoms with E-state index in [1.165, 1.54) is 0 Å². The predicted molar refractivity (Wildman–Crippen MR) is 150 cm³/mol. The molecule has 1 aliphatic heterocycles. The number of rotatable bonds is 8. The minimum Gasteiger partial charge on any atom is -0.481 e. The first-order valence-electron chi connectivity index (χ1n) is 12.9. The molecule has 0 radical (unpaired) electrons. The number of likely N-dealkylation sites (tertiary alicyclic amines) is 1. The molecular weight excluding hydrogens is 545 g/mol. The van der Waals surface area contributed by atoms with E-state index in [-0.39, 0.29) is 36.3 Å². The van der Waals surface area contributed by atoms with Crippen LogP contribution in [0.5, 0.6) is 0 Å². The largest absolute Gasteiger partial charge is 0.481 e. The lowest BCUT2D eigenvalue weighted by Crippen LogP contribution is -2.58. The highest BCUT2D eigenvalue weighted by Gasteiger charge is 2.55. The molecule has 2 aliphatic rings. The summed E-state index contributed by atoms with van der Waals surface area (Å²) in [5.74, 6) is -1.85. The summed E-state index contributed by atoms with van der Waals surface area (Å²) in [5.41, 5.74) is 0.476. The average molecular weight is 581 g/mol. The van der Waals surface area contributed by atoms with Crippen molar-refractivity contribution >= 4 is 44.9 Å². The molecule has 9 heteroatoms. The summed E-state index contributed by atoms with van der Waals surface area (Å²) in [7, 11) is -3.59. The molecule has 0 bridgehead atoms. The molecule has 6 nitrogen and oxygen atoms in total. The van der Waals surface area contributed by atoms with Gasteiger partial charge in [0.1, 0.15) is 0 Å². The fourth-order valence-corrected chi connectivity index (χ4v) is 7.35. The third-order valence-corrected chi connectivity index (χ3v) is 11.1. The number of sulfone groups is 1. The number of aliphatic carboxylic acids is 1. The number of benzene rings is 2. The van der Waals surface area contributed by atoms with Crippen molar-refractivity contribution in [2.24, 2.45) is 11.3 Å². The number of amides is 1. The summed E-state index contributed by atoms with van der Waals surface area (Å²) in [6, 6.07) is 13.6. The maximum atomic E-state index is 14.4. The van der Waals surface area contributed by atoms with Crippen LogP contribution in [0.4, 0.5) is 0 Å². The van der Waals surface area contributed by atoms with Gasteiger partial charge in [-0.1, -0.05) is 54.4 Å². The average Bonchev–Trinajstić information content (AvgIpc) is 3.64. The van der Waals surface area contributed by atoms with Crippen LogP contribution in [0, 0.1) is 11.3 Å². The van der Waals surface area contributed by atoms with Crippen LogP contribution < -0.4 is 0 Å². The van der Waals surface area contributed by atoms with E-state index >= 15 is 0 Å². The van der Waals surface area contributed by atoms with Gasteiger partial charge in [-0.05, 0) is 81.3 Å². The molecule has 38 heavy (non-hydrogen) atoms. The molecule has 0 aromatic heterocycles. The lowest BCUT2D eigenvalue weighted by atomic mass is 9.67. The number of halogens is 2. The number of carboxylic acid groups (broad SMARTS) is 1. The highest BCUT2D eigenvalue weighted by molar-refractivity contribution is 7.92. The van der Waals surface area contributed by atoms with E-state index in [2.05, 4.69) is 0 Å². The first-order chi connectivity index (χ1) is 17.6. The zero-order valence-electron chi connectivity index (χ0n) is 22.2. The van der Waals surface area contributed by atoms with Crippen molar-refractivity contribution in [1.29, 1.82) is 0 Å². The Kier molecular flexibility index (Phi) is 7.97. The van der Waals surface area contributed by atoms with Gasteiger partial charge in [-0.25, -0.2) is 8.42 Å². The highest BCUT2D eigenvalue weighted by Crippen LogP contribution is 2.54. The maximum Gasteiger partial charge on any atom is 0.304 e. The van der Waals surface area contributed by atoms with Gasteiger partial charge < -0.3 is 10.0 Å². The van der Waals surface area contributed by atoms with Gasteiger partial charge >= 0.3 is 5.97 Å². The monoisotopic (exact) mass is 579 g/mol. The number of piperidine rings is 1. The second-order valence-corrected chi connectivity index (χ2v) is 15.7. The molecule has 1 heterocycles. The van der Waals surface area contributed by atoms with Crippen molar-refractivity contribution in [2.75, 3.05) is 5.75 Å². The normalized spacial score (nSPS) is 25.3. The molecular formula is C29H35Cl2NO5S. The molecule has 1 saturated carbocycles. The van der Waals surface area contributed by atoms with Gasteiger partial charge in [0.25, 0.3) is 0 Å². The van der Waals surface area contributed by atoms with E-state index in [9.17, 15) is 23.1 Å². The highest BCUT2D eigenvalue weighted by atomic mass is 35.5. The lowest BCUT2D eigenvalue weighted by Gasteiger charge is -2.52. The van der Waals surface area contributed by atoms with E-state index in [4.69, 9.17) is 23.2 Å². The molecule has 2 fully saturated rings. The summed E-state index contributed by atoms with van der Waals surface area (Å²) >= 11 is 12.6. The van der Waals surface area contributed by atoms with Crippen molar-refractivity contribution in [3.63, 3.8) is 0 Å². The molecule has 0 spiro atoms. The third-order valence-electron chi connectivity index (χ3n) is 7.98. The fraction of sp³-hybridized carbons (Fsp3) is 0.517. The van der Waals surface area contributed by atoms with E-state index in [1.54, 1.807) is 50.8 Å². The topological polar surface area (TPSA) is 91.8 Å². The predicted octanol–water partition coefficient (Wildman–Crippen LogP) is 6.52. The van der Waals surface area contributed by atoms with E-state index in [0.29, 0.717) is 10.0 Å². The van der Waals surface area contributed by atoms with Crippen LogP contribution in [0.15, 0.2) is 48.5 Å². The smallest absolute Gasteiger partial charge is 0.304 e. The van der Waals surface area contributed by atoms with Gasteiger partial charge in [0.15, 0.2) is 9.84 Å². The standard InChI is InChI=1S/C29H35Cl2NO5S/c1-28(2,3)38(36,37)17-24(18-8-9-18)32-26(19-10-12-21(30)13-11-19)23(20-6-5-7-22(31)14-20)15-29(4,27(32)35)16-25(33)34/h5-7,10-14,18,23-24,26H,8-9,15-17H2,1-4H3,(H,33,34)/t23-,24-,26+,29-/m1/s1. The van der Waals surface area contributed by atoms with Gasteiger partial charge in [-0.3, -0.25) is 9.59 Å². The number of carboxylic acids is 1. The number of hydrogen-bond donors (Lipinski definition) is 1. The van der Waals surface area contributed by atoms with E-state index < -0.39 is 38.1 Å². The number of carbonyl (C=O) groups is 2. The maximum absolute atomic E-state index is 14.4. The second-order valence-electron chi connectivity index (χ2n) is 12.0. The number of nitrogens with zero attached hydrogens (tertiary/aromatic N) is 1. The third kappa shape index (κ3) is 5.90. The van der Waals surface area contributed by atoms with Crippen molar-refractivity contribution in [3.05, 3.63) is 69.7 Å². The van der Waals surface area contributed by atoms with E-state index in [1.807, 2.05) is 30.3 Å². The molecule has 1 saturated heterocycles. The Labute approximate surface area is 235 Å². The lowest BCUT2D eigenvalue weighted by molar-refractivity contribution is -0.160. The van der Waals surface area contributed by atoms with Gasteiger partial charge in [0.05, 0.1) is 28.4 Å². The Hall–Kier alpha value is -2.09. The Morgan fingerprint density at radius 3 is 2.24 bits per heavy atom. The van der Waals surface area contributed by atoms with Gasteiger partial charge in [-0.15, -0.1) is 0 Å². The van der Waals surface area contributed by atoms with Crippen LogP contribution in [-0.4, -0.2) is 46.8 Å². The molecule has 1 aliphatic carbocycles. The van der Waals surface area contributed by atoms with Crippen molar-refractivity contribution in [3.8, 4) is 0 Å². The second kappa shape index (κ2) is 10.5. The Morgan fingerprint density at radius 1 is 1.08 bits per heavy atom. The van der Waals surface area contributed by atoms with Crippen LogP contribution in [0.25, 0.3) is 0 Å². The van der Waals surface area contributed by atoms with Crippen molar-refractivity contribution in [2.45, 2.75) is 76.1 Å². The zero-order valence-corrected chi connectivity index (χ0v) is 24.5. The number of carbonyl (C=O) groups excluding carboxylic acids is 1. The van der Waals surface area contributed by atoms with Gasteiger partial charge in [-0.2, -0.15) is 0 Å². The molecule has 1 N–H and O–H groups in total. The van der Waals surface area contributed by atoms with Crippen molar-refractivity contribution < 1.29 is 23.1 Å². The van der Waals surface area contributed by atoms with Crippen LogP contribution in [-0.2, 0) is 19.4 Å². The molecule has 2 aromatic rings. The molecule has 4 rings (SSSR count). The van der Waals surface area contributed by atoms with Crippen LogP contribution >= 0.6 is 23.2 Å². The summed E-state index contributed by atoms with van der Waals surface area (Å²) in [6.45, 7) is 6.70. The minimum atomic E-state index is -3.59. The zero-order chi connectivity index (χ0) is 28.0. The molecule has 2 aromatic carbocycles. The minimum absolute atomic E-state index is 0.0260. The quantitative estimate of drug-likeness (QED) is 0.384. The molecule has 4 atom stereocenters. The van der Waals surface area contributed by atoms with Crippen LogP contribution in [0.1, 0.15) is 76.5 Å². The van der Waals surface area contributed by atoms with E-state index in [0.717, 1.165) is 24.0 Å². The SMILES string of the molecule is CC(C)(C)S(=O)(=O)C[C@H](C1CC1)N1C(=O)[C@@](C)(CC(=O)O)C[C@H](c2cccc(Cl)c2)[C@@H]1c1ccc(Cl)cc1. The van der Waals surface area contributed by atoms with Crippen LogP contribution in [0.2, 0.25) is 10.0 Å². The van der Waals surface area contributed by atoms with Crippen molar-refractivity contribution in [1.82, 2.24) is 4.90 Å². The van der Waals surface area contributed by atoms with Crippen LogP contribution in [0.3, 0.4) is 0 Å². The Morgan fingerprint density at radius 2 is 1.71 bits per heavy atom. The molecule has 0 unspecified atom stereocenters. The fourth-order valence-electron chi connectivity index (χ4n) is 5.64. The Bertz CT molecular complexity index is 1320.